The Labute approximate surface area is 145 Å². The minimum atomic E-state index is -1.44. The Bertz CT molecular complexity index is 732. The third-order valence-electron chi connectivity index (χ3n) is 3.65. The summed E-state index contributed by atoms with van der Waals surface area (Å²) in [5.41, 5.74) is -0.264. The molecule has 0 saturated heterocycles. The molecule has 0 aliphatic heterocycles. The van der Waals surface area contributed by atoms with Crippen LogP contribution in [0.25, 0.3) is 0 Å². The van der Waals surface area contributed by atoms with Crippen LogP contribution in [0.4, 0.5) is 5.69 Å². The predicted molar refractivity (Wildman–Crippen MR) is 92.6 cm³/mol. The van der Waals surface area contributed by atoms with Gasteiger partial charge in [0.2, 0.25) is 5.91 Å². The topological polar surface area (TPSA) is 69.6 Å². The first-order valence-electron chi connectivity index (χ1n) is 7.43. The van der Waals surface area contributed by atoms with E-state index in [0.29, 0.717) is 21.3 Å². The summed E-state index contributed by atoms with van der Waals surface area (Å²) in [5.74, 6) is -1.22. The Balaban J connectivity index is 2.08. The average molecular weight is 347 g/mol. The fourth-order valence-electron chi connectivity index (χ4n) is 2.09. The highest BCUT2D eigenvalue weighted by Crippen LogP contribution is 2.24. The molecule has 5 nitrogen and oxygen atoms in total. The number of hydrogen-bond donors (Lipinski definition) is 2. The normalized spacial score (nSPS) is 11.0. The molecule has 0 aliphatic rings. The van der Waals surface area contributed by atoms with E-state index in [2.05, 4.69) is 5.32 Å². The number of carbonyl (C=O) groups is 2. The van der Waals surface area contributed by atoms with Crippen LogP contribution in [0.15, 0.2) is 54.6 Å². The molecule has 0 spiro atoms. The summed E-state index contributed by atoms with van der Waals surface area (Å²) in [5, 5.41) is 13.7. The Kier molecular flexibility index (Phi) is 5.59. The van der Waals surface area contributed by atoms with Crippen LogP contribution in [0, 0.1) is 5.41 Å². The molecular weight excluding hydrogens is 328 g/mol. The van der Waals surface area contributed by atoms with Crippen LogP contribution >= 0.6 is 11.6 Å². The van der Waals surface area contributed by atoms with Crippen LogP contribution in [-0.4, -0.2) is 22.1 Å². The Morgan fingerprint density at radius 1 is 1.08 bits per heavy atom. The number of benzene rings is 2. The number of nitrogens with zero attached hydrogens (tertiary/aromatic N) is 1. The van der Waals surface area contributed by atoms with Crippen LogP contribution in [-0.2, 0) is 16.1 Å². The highest BCUT2D eigenvalue weighted by molar-refractivity contribution is 6.31. The summed E-state index contributed by atoms with van der Waals surface area (Å²) in [7, 11) is 0. The predicted octanol–water partition coefficient (Wildman–Crippen LogP) is 3.72. The standard InChI is InChI=1S/C18H19ClN2O3/c1-18(2,16(22)20-14-9-4-3-5-10-14)17(23)21(24)12-13-8-6-7-11-15(13)19/h3-11,24H,12H2,1-2H3,(H,20,22). The number of amides is 2. The van der Waals surface area contributed by atoms with Crippen molar-refractivity contribution in [2.24, 2.45) is 5.41 Å². The molecular formula is C18H19ClN2O3. The van der Waals surface area contributed by atoms with Crippen molar-refractivity contribution in [1.29, 1.82) is 0 Å². The number of para-hydroxylation sites is 1. The molecule has 0 heterocycles. The molecule has 24 heavy (non-hydrogen) atoms. The van der Waals surface area contributed by atoms with Gasteiger partial charge in [-0.2, -0.15) is 0 Å². The lowest BCUT2D eigenvalue weighted by molar-refractivity contribution is -0.179. The summed E-state index contributed by atoms with van der Waals surface area (Å²) in [6, 6.07) is 15.7. The second-order valence-electron chi connectivity index (χ2n) is 5.90. The molecule has 0 bridgehead atoms. The molecule has 0 atom stereocenters. The van der Waals surface area contributed by atoms with E-state index in [9.17, 15) is 14.8 Å². The fourth-order valence-corrected chi connectivity index (χ4v) is 2.28. The monoisotopic (exact) mass is 346 g/mol. The van der Waals surface area contributed by atoms with Gasteiger partial charge >= 0.3 is 0 Å². The molecule has 2 amide bonds. The number of carbonyl (C=O) groups excluding carboxylic acids is 2. The molecule has 0 aliphatic carbocycles. The molecule has 0 aromatic heterocycles. The van der Waals surface area contributed by atoms with Gasteiger partial charge in [0.15, 0.2) is 0 Å². The first kappa shape index (κ1) is 18.0. The number of hydroxylamine groups is 2. The lowest BCUT2D eigenvalue weighted by atomic mass is 9.90. The smallest absolute Gasteiger partial charge is 0.261 e. The number of hydrogen-bond acceptors (Lipinski definition) is 3. The second-order valence-corrected chi connectivity index (χ2v) is 6.31. The fraction of sp³-hybridized carbons (Fsp3) is 0.222. The van der Waals surface area contributed by atoms with Gasteiger partial charge in [-0.1, -0.05) is 48.0 Å². The third-order valence-corrected chi connectivity index (χ3v) is 4.02. The van der Waals surface area contributed by atoms with E-state index in [4.69, 9.17) is 11.6 Å². The van der Waals surface area contributed by atoms with Crippen LogP contribution in [0.3, 0.4) is 0 Å². The lowest BCUT2D eigenvalue weighted by Gasteiger charge is -2.27. The average Bonchev–Trinajstić information content (AvgIpc) is 2.57. The number of halogens is 1. The number of nitrogens with one attached hydrogen (secondary N) is 1. The van der Waals surface area contributed by atoms with Crippen LogP contribution in [0.1, 0.15) is 19.4 Å². The van der Waals surface area contributed by atoms with Crippen molar-refractivity contribution >= 4 is 29.1 Å². The molecule has 6 heteroatoms. The van der Waals surface area contributed by atoms with Crippen LogP contribution < -0.4 is 5.32 Å². The zero-order chi connectivity index (χ0) is 17.7. The van der Waals surface area contributed by atoms with E-state index in [1.54, 1.807) is 48.5 Å². The van der Waals surface area contributed by atoms with Crippen molar-refractivity contribution in [3.05, 3.63) is 65.2 Å². The van der Waals surface area contributed by atoms with Gasteiger partial charge in [-0.15, -0.1) is 0 Å². The summed E-state index contributed by atoms with van der Waals surface area (Å²) < 4.78 is 0. The van der Waals surface area contributed by atoms with Gasteiger partial charge in [0.1, 0.15) is 5.41 Å². The van der Waals surface area contributed by atoms with Crippen molar-refractivity contribution in [3.63, 3.8) is 0 Å². The molecule has 2 aromatic carbocycles. The highest BCUT2D eigenvalue weighted by atomic mass is 35.5. The van der Waals surface area contributed by atoms with Gasteiger partial charge in [-0.05, 0) is 37.6 Å². The maximum Gasteiger partial charge on any atom is 0.261 e. The Morgan fingerprint density at radius 2 is 1.67 bits per heavy atom. The summed E-state index contributed by atoms with van der Waals surface area (Å²) in [6.07, 6.45) is 0. The van der Waals surface area contributed by atoms with Crippen molar-refractivity contribution in [2.75, 3.05) is 5.32 Å². The minimum Gasteiger partial charge on any atom is -0.325 e. The van der Waals surface area contributed by atoms with E-state index >= 15 is 0 Å². The van der Waals surface area contributed by atoms with Crippen molar-refractivity contribution in [2.45, 2.75) is 20.4 Å². The van der Waals surface area contributed by atoms with E-state index in [1.165, 1.54) is 13.8 Å². The first-order valence-corrected chi connectivity index (χ1v) is 7.81. The van der Waals surface area contributed by atoms with E-state index in [0.717, 1.165) is 0 Å². The Hall–Kier alpha value is -2.37. The van der Waals surface area contributed by atoms with Gasteiger partial charge in [-0.25, -0.2) is 5.06 Å². The first-order chi connectivity index (χ1) is 11.3. The van der Waals surface area contributed by atoms with Gasteiger partial charge in [0, 0.05) is 10.7 Å². The third kappa shape index (κ3) is 4.13. The summed E-state index contributed by atoms with van der Waals surface area (Å²) in [4.78, 5) is 24.9. The van der Waals surface area contributed by atoms with Crippen molar-refractivity contribution in [3.8, 4) is 0 Å². The van der Waals surface area contributed by atoms with Gasteiger partial charge in [-0.3, -0.25) is 14.8 Å². The quantitative estimate of drug-likeness (QED) is 0.492. The zero-order valence-electron chi connectivity index (χ0n) is 13.5. The summed E-state index contributed by atoms with van der Waals surface area (Å²) in [6.45, 7) is 2.83. The molecule has 2 aromatic rings. The zero-order valence-corrected chi connectivity index (χ0v) is 14.2. The number of anilines is 1. The van der Waals surface area contributed by atoms with E-state index in [-0.39, 0.29) is 6.54 Å². The van der Waals surface area contributed by atoms with Crippen LogP contribution in [0.5, 0.6) is 0 Å². The van der Waals surface area contributed by atoms with Gasteiger partial charge < -0.3 is 5.32 Å². The van der Waals surface area contributed by atoms with Crippen molar-refractivity contribution < 1.29 is 14.8 Å². The molecule has 0 radical (unpaired) electrons. The maximum absolute atomic E-state index is 12.5. The van der Waals surface area contributed by atoms with Crippen LogP contribution in [0.2, 0.25) is 5.02 Å². The Morgan fingerprint density at radius 3 is 2.29 bits per heavy atom. The molecule has 0 fully saturated rings. The van der Waals surface area contributed by atoms with E-state index in [1.807, 2.05) is 6.07 Å². The second kappa shape index (κ2) is 7.47. The highest BCUT2D eigenvalue weighted by Gasteiger charge is 2.39. The minimum absolute atomic E-state index is 0.0967. The molecule has 0 saturated carbocycles. The van der Waals surface area contributed by atoms with E-state index < -0.39 is 17.2 Å². The van der Waals surface area contributed by atoms with Crippen molar-refractivity contribution in [1.82, 2.24) is 5.06 Å². The lowest BCUT2D eigenvalue weighted by Crippen LogP contribution is -2.45. The molecule has 2 N–H and O–H groups in total. The SMILES string of the molecule is CC(C)(C(=O)Nc1ccccc1)C(=O)N(O)Cc1ccccc1Cl. The van der Waals surface area contributed by atoms with Gasteiger partial charge in [0.05, 0.1) is 6.54 Å². The van der Waals surface area contributed by atoms with Gasteiger partial charge in [0.25, 0.3) is 5.91 Å². The number of rotatable bonds is 5. The largest absolute Gasteiger partial charge is 0.325 e. The molecule has 2 rings (SSSR count). The maximum atomic E-state index is 12.5. The summed E-state index contributed by atoms with van der Waals surface area (Å²) >= 11 is 6.03. The molecule has 0 unspecified atom stereocenters. The molecule has 126 valence electrons.